The maximum absolute atomic E-state index is 11.6. The van der Waals surface area contributed by atoms with E-state index in [1.807, 2.05) is 0 Å². The number of rotatable bonds is 1. The zero-order valence-corrected chi connectivity index (χ0v) is 10.7. The van der Waals surface area contributed by atoms with Gasteiger partial charge in [0, 0.05) is 9.86 Å². The van der Waals surface area contributed by atoms with Crippen molar-refractivity contribution in [1.29, 1.82) is 0 Å². The zero-order valence-electron chi connectivity index (χ0n) is 8.33. The molecule has 0 fully saturated rings. The summed E-state index contributed by atoms with van der Waals surface area (Å²) >= 11 is 9.11. The van der Waals surface area contributed by atoms with Crippen LogP contribution in [0.15, 0.2) is 28.7 Å². The van der Waals surface area contributed by atoms with Crippen molar-refractivity contribution in [3.05, 3.63) is 39.5 Å². The molecule has 0 aliphatic heterocycles. The summed E-state index contributed by atoms with van der Waals surface area (Å²) in [5.41, 5.74) is 1.12. The molecule has 0 amide bonds. The lowest BCUT2D eigenvalue weighted by molar-refractivity contribution is 0.0603. The van der Waals surface area contributed by atoms with Crippen LogP contribution in [0.4, 0.5) is 0 Å². The van der Waals surface area contributed by atoms with Gasteiger partial charge in [0.2, 0.25) is 0 Å². The van der Waals surface area contributed by atoms with Crippen LogP contribution in [0.5, 0.6) is 0 Å². The number of carbonyl (C=O) groups excluding carboxylic acids is 1. The Morgan fingerprint density at radius 1 is 1.44 bits per heavy atom. The lowest BCUT2D eigenvalue weighted by Gasteiger charge is -2.05. The zero-order chi connectivity index (χ0) is 11.7. The minimum Gasteiger partial charge on any atom is -0.465 e. The Morgan fingerprint density at radius 2 is 2.19 bits per heavy atom. The smallest absolute Gasteiger partial charge is 0.338 e. The highest BCUT2D eigenvalue weighted by atomic mass is 79.9. The maximum atomic E-state index is 11.6. The molecule has 0 saturated carbocycles. The second-order valence-corrected chi connectivity index (χ2v) is 4.45. The van der Waals surface area contributed by atoms with Gasteiger partial charge in [-0.25, -0.2) is 9.78 Å². The van der Waals surface area contributed by atoms with Crippen LogP contribution in [-0.4, -0.2) is 18.1 Å². The fourth-order valence-corrected chi connectivity index (χ4v) is 2.05. The summed E-state index contributed by atoms with van der Waals surface area (Å²) in [5.74, 6) is -0.393. The number of carbonyl (C=O) groups is 1. The van der Waals surface area contributed by atoms with Crippen molar-refractivity contribution < 1.29 is 9.53 Å². The van der Waals surface area contributed by atoms with Gasteiger partial charge in [0.05, 0.1) is 18.2 Å². The Morgan fingerprint density at radius 3 is 2.88 bits per heavy atom. The van der Waals surface area contributed by atoms with Gasteiger partial charge in [0.25, 0.3) is 0 Å². The van der Waals surface area contributed by atoms with Gasteiger partial charge in [-0.3, -0.25) is 0 Å². The normalized spacial score (nSPS) is 10.4. The van der Waals surface area contributed by atoms with Gasteiger partial charge in [-0.2, -0.15) is 0 Å². The molecular formula is C11H7BrClNO2. The summed E-state index contributed by atoms with van der Waals surface area (Å²) in [5, 5.41) is 1.11. The van der Waals surface area contributed by atoms with E-state index in [4.69, 9.17) is 16.3 Å². The van der Waals surface area contributed by atoms with Crippen LogP contribution in [0.1, 0.15) is 10.4 Å². The Bertz CT molecular complexity index is 566. The molecule has 1 heterocycles. The molecule has 0 aliphatic rings. The standard InChI is InChI=1S/C11H7BrClNO2/c1-16-11(15)8-4-6(12)5-9-7(8)2-3-10(13)14-9/h2-5H,1H3. The van der Waals surface area contributed by atoms with E-state index in [1.165, 1.54) is 7.11 Å². The minimum absolute atomic E-state index is 0.390. The van der Waals surface area contributed by atoms with Crippen molar-refractivity contribution in [1.82, 2.24) is 4.98 Å². The molecule has 1 aromatic carbocycles. The van der Waals surface area contributed by atoms with Crippen molar-refractivity contribution in [3.63, 3.8) is 0 Å². The Labute approximate surface area is 106 Å². The minimum atomic E-state index is -0.393. The highest BCUT2D eigenvalue weighted by Crippen LogP contribution is 2.25. The predicted molar refractivity (Wildman–Crippen MR) is 65.8 cm³/mol. The number of nitrogens with zero attached hydrogens (tertiary/aromatic N) is 1. The fraction of sp³-hybridized carbons (Fsp3) is 0.0909. The number of benzene rings is 1. The molecule has 0 atom stereocenters. The monoisotopic (exact) mass is 299 g/mol. The summed E-state index contributed by atoms with van der Waals surface area (Å²) in [7, 11) is 1.35. The first-order valence-corrected chi connectivity index (χ1v) is 5.63. The maximum Gasteiger partial charge on any atom is 0.338 e. The van der Waals surface area contributed by atoms with E-state index in [9.17, 15) is 4.79 Å². The van der Waals surface area contributed by atoms with Crippen molar-refractivity contribution in [2.75, 3.05) is 7.11 Å². The van der Waals surface area contributed by atoms with Gasteiger partial charge in [0.15, 0.2) is 0 Å². The summed E-state index contributed by atoms with van der Waals surface area (Å²) in [6.45, 7) is 0. The first-order valence-electron chi connectivity index (χ1n) is 4.46. The largest absolute Gasteiger partial charge is 0.465 e. The van der Waals surface area contributed by atoms with E-state index in [0.717, 1.165) is 9.86 Å². The third-order valence-electron chi connectivity index (χ3n) is 2.14. The molecule has 0 N–H and O–H groups in total. The molecule has 0 spiro atoms. The van der Waals surface area contributed by atoms with Gasteiger partial charge >= 0.3 is 5.97 Å². The number of hydrogen-bond donors (Lipinski definition) is 0. The SMILES string of the molecule is COC(=O)c1cc(Br)cc2nc(Cl)ccc12. The lowest BCUT2D eigenvalue weighted by atomic mass is 10.1. The molecule has 82 valence electrons. The number of pyridine rings is 1. The summed E-state index contributed by atoms with van der Waals surface area (Å²) in [4.78, 5) is 15.7. The molecule has 16 heavy (non-hydrogen) atoms. The summed E-state index contributed by atoms with van der Waals surface area (Å²) in [6.07, 6.45) is 0. The molecular weight excluding hydrogens is 293 g/mol. The Kier molecular flexibility index (Phi) is 3.12. The van der Waals surface area contributed by atoms with Crippen molar-refractivity contribution in [2.45, 2.75) is 0 Å². The highest BCUT2D eigenvalue weighted by Gasteiger charge is 2.12. The van der Waals surface area contributed by atoms with Gasteiger partial charge < -0.3 is 4.74 Å². The van der Waals surface area contributed by atoms with Crippen LogP contribution >= 0.6 is 27.5 Å². The third kappa shape index (κ3) is 2.03. The number of aromatic nitrogens is 1. The van der Waals surface area contributed by atoms with E-state index < -0.39 is 5.97 Å². The van der Waals surface area contributed by atoms with E-state index in [0.29, 0.717) is 16.2 Å². The second-order valence-electron chi connectivity index (χ2n) is 3.15. The molecule has 3 nitrogen and oxygen atoms in total. The van der Waals surface area contributed by atoms with Crippen LogP contribution in [-0.2, 0) is 4.74 Å². The average molecular weight is 301 g/mol. The molecule has 1 aromatic heterocycles. The van der Waals surface area contributed by atoms with E-state index in [2.05, 4.69) is 20.9 Å². The van der Waals surface area contributed by atoms with Gasteiger partial charge in [-0.1, -0.05) is 27.5 Å². The molecule has 0 radical (unpaired) electrons. The lowest BCUT2D eigenvalue weighted by Crippen LogP contribution is -2.02. The molecule has 0 aliphatic carbocycles. The molecule has 0 saturated heterocycles. The van der Waals surface area contributed by atoms with Gasteiger partial charge in [-0.05, 0) is 24.3 Å². The predicted octanol–water partition coefficient (Wildman–Crippen LogP) is 3.44. The van der Waals surface area contributed by atoms with Gasteiger partial charge in [0.1, 0.15) is 5.15 Å². The first kappa shape index (κ1) is 11.4. The number of ether oxygens (including phenoxy) is 1. The van der Waals surface area contributed by atoms with Crippen molar-refractivity contribution in [3.8, 4) is 0 Å². The highest BCUT2D eigenvalue weighted by molar-refractivity contribution is 9.10. The van der Waals surface area contributed by atoms with E-state index in [1.54, 1.807) is 24.3 Å². The number of hydrogen-bond acceptors (Lipinski definition) is 3. The molecule has 2 aromatic rings. The number of methoxy groups -OCH3 is 1. The van der Waals surface area contributed by atoms with E-state index in [-0.39, 0.29) is 0 Å². The van der Waals surface area contributed by atoms with Crippen LogP contribution < -0.4 is 0 Å². The number of halogens is 2. The average Bonchev–Trinajstić information content (AvgIpc) is 2.26. The van der Waals surface area contributed by atoms with Crippen LogP contribution in [0.3, 0.4) is 0 Å². The molecule has 5 heteroatoms. The van der Waals surface area contributed by atoms with Crippen LogP contribution in [0.25, 0.3) is 10.9 Å². The summed E-state index contributed by atoms with van der Waals surface area (Å²) in [6, 6.07) is 6.89. The fourth-order valence-electron chi connectivity index (χ4n) is 1.45. The molecule has 0 bridgehead atoms. The van der Waals surface area contributed by atoms with Crippen molar-refractivity contribution in [2.24, 2.45) is 0 Å². The molecule has 2 rings (SSSR count). The first-order chi connectivity index (χ1) is 7.61. The topological polar surface area (TPSA) is 39.2 Å². The number of fused-ring (bicyclic) bond motifs is 1. The third-order valence-corrected chi connectivity index (χ3v) is 2.81. The molecule has 0 unspecified atom stereocenters. The van der Waals surface area contributed by atoms with E-state index >= 15 is 0 Å². The second kappa shape index (κ2) is 4.39. The summed E-state index contributed by atoms with van der Waals surface area (Å²) < 4.78 is 5.47. The van der Waals surface area contributed by atoms with Crippen LogP contribution in [0.2, 0.25) is 5.15 Å². The van der Waals surface area contributed by atoms with Gasteiger partial charge in [-0.15, -0.1) is 0 Å². The number of esters is 1. The van der Waals surface area contributed by atoms with Crippen LogP contribution in [0, 0.1) is 0 Å². The van der Waals surface area contributed by atoms with Crippen molar-refractivity contribution >= 4 is 44.4 Å². The quantitative estimate of drug-likeness (QED) is 0.598. The Balaban J connectivity index is 2.77. The Hall–Kier alpha value is -1.13.